The Hall–Kier alpha value is -0.910. The molecule has 0 spiro atoms. The van der Waals surface area contributed by atoms with E-state index in [0.29, 0.717) is 12.8 Å². The van der Waals surface area contributed by atoms with Crippen LogP contribution in [-0.2, 0) is 4.79 Å². The Morgan fingerprint density at radius 3 is 1.49 bits per heavy atom. The van der Waals surface area contributed by atoms with Crippen LogP contribution in [0.2, 0.25) is 0 Å². The molecule has 5 heteroatoms. The zero-order valence-corrected chi connectivity index (χ0v) is 26.0. The van der Waals surface area contributed by atoms with Crippen LogP contribution in [0, 0.1) is 0 Å². The second-order valence-corrected chi connectivity index (χ2v) is 11.7. The third-order valence-corrected chi connectivity index (χ3v) is 7.87. The van der Waals surface area contributed by atoms with Crippen molar-refractivity contribution in [3.8, 4) is 0 Å². The van der Waals surface area contributed by atoms with Crippen LogP contribution >= 0.6 is 0 Å². The quantitative estimate of drug-likeness (QED) is 0.0530. The zero-order valence-electron chi connectivity index (χ0n) is 26.0. The number of hydrogen-bond donors (Lipinski definition) is 4. The lowest BCUT2D eigenvalue weighted by atomic mass is 10.0. The van der Waals surface area contributed by atoms with Gasteiger partial charge in [0.25, 0.3) is 0 Å². The van der Waals surface area contributed by atoms with E-state index in [9.17, 15) is 20.1 Å². The summed E-state index contributed by atoms with van der Waals surface area (Å²) in [6.45, 7) is 4.13. The Kier molecular flexibility index (Phi) is 29.4. The first kappa shape index (κ1) is 38.1. The topological polar surface area (TPSA) is 89.8 Å². The summed E-state index contributed by atoms with van der Waals surface area (Å²) in [5.74, 6) is -0.156. The lowest BCUT2D eigenvalue weighted by molar-refractivity contribution is -0.124. The molecule has 232 valence electrons. The standard InChI is InChI=1S/C34H67NO4/c1-3-5-7-9-11-13-15-17-19-21-23-25-27-29-33(38)35-31(30-36)34(39)32(37)28-26-24-22-20-18-16-14-12-10-8-6-4-2/h20,22,31-32,34,36-37,39H,3-19,21,23-30H2,1-2H3,(H,35,38)/b22-20-/t31-,32+,34-/m0/s1. The molecule has 1 amide bonds. The molecule has 39 heavy (non-hydrogen) atoms. The molecule has 0 aromatic heterocycles. The van der Waals surface area contributed by atoms with Crippen LogP contribution in [-0.4, -0.2) is 46.1 Å². The van der Waals surface area contributed by atoms with Crippen LogP contribution in [0.1, 0.15) is 174 Å². The molecule has 0 saturated heterocycles. The van der Waals surface area contributed by atoms with E-state index in [1.54, 1.807) is 0 Å². The molecule has 0 bridgehead atoms. The van der Waals surface area contributed by atoms with Gasteiger partial charge in [0.1, 0.15) is 6.10 Å². The fourth-order valence-corrected chi connectivity index (χ4v) is 5.16. The number of carbonyl (C=O) groups is 1. The van der Waals surface area contributed by atoms with Crippen molar-refractivity contribution in [1.29, 1.82) is 0 Å². The predicted molar refractivity (Wildman–Crippen MR) is 167 cm³/mol. The minimum atomic E-state index is -1.15. The number of aliphatic hydroxyl groups is 3. The number of amides is 1. The molecule has 0 aliphatic heterocycles. The largest absolute Gasteiger partial charge is 0.394 e. The van der Waals surface area contributed by atoms with Gasteiger partial charge in [-0.15, -0.1) is 0 Å². The van der Waals surface area contributed by atoms with Gasteiger partial charge in [0.2, 0.25) is 5.91 Å². The summed E-state index contributed by atoms with van der Waals surface area (Å²) in [4.78, 5) is 12.3. The molecule has 0 fully saturated rings. The molecule has 0 aromatic carbocycles. The van der Waals surface area contributed by atoms with Gasteiger partial charge in [0, 0.05) is 6.42 Å². The van der Waals surface area contributed by atoms with E-state index in [4.69, 9.17) is 0 Å². The first-order valence-electron chi connectivity index (χ1n) is 17.0. The van der Waals surface area contributed by atoms with Gasteiger partial charge < -0.3 is 20.6 Å². The Balaban J connectivity index is 3.76. The van der Waals surface area contributed by atoms with Gasteiger partial charge in [-0.3, -0.25) is 4.79 Å². The lowest BCUT2D eigenvalue weighted by Gasteiger charge is -2.26. The van der Waals surface area contributed by atoms with Crippen molar-refractivity contribution < 1.29 is 20.1 Å². The van der Waals surface area contributed by atoms with Gasteiger partial charge in [0.05, 0.1) is 18.8 Å². The van der Waals surface area contributed by atoms with Gasteiger partial charge in [-0.2, -0.15) is 0 Å². The minimum Gasteiger partial charge on any atom is -0.394 e. The second-order valence-electron chi connectivity index (χ2n) is 11.7. The van der Waals surface area contributed by atoms with Gasteiger partial charge in [-0.05, 0) is 38.5 Å². The monoisotopic (exact) mass is 554 g/mol. The Morgan fingerprint density at radius 2 is 1.03 bits per heavy atom. The van der Waals surface area contributed by atoms with E-state index >= 15 is 0 Å². The summed E-state index contributed by atoms with van der Waals surface area (Å²) in [6, 6.07) is -0.817. The first-order chi connectivity index (χ1) is 19.1. The Morgan fingerprint density at radius 1 is 0.615 bits per heavy atom. The molecular formula is C34H67NO4. The van der Waals surface area contributed by atoms with Crippen molar-refractivity contribution in [1.82, 2.24) is 5.32 Å². The summed E-state index contributed by atoms with van der Waals surface area (Å²) in [7, 11) is 0. The summed E-state index contributed by atoms with van der Waals surface area (Å²) in [6.07, 6.45) is 31.5. The molecule has 0 saturated carbocycles. The van der Waals surface area contributed by atoms with Crippen LogP contribution in [0.4, 0.5) is 0 Å². The highest BCUT2D eigenvalue weighted by atomic mass is 16.3. The van der Waals surface area contributed by atoms with Crippen LogP contribution in [0.15, 0.2) is 12.2 Å². The molecule has 5 nitrogen and oxygen atoms in total. The minimum absolute atomic E-state index is 0.156. The smallest absolute Gasteiger partial charge is 0.220 e. The maximum Gasteiger partial charge on any atom is 0.220 e. The Bertz CT molecular complexity index is 539. The highest BCUT2D eigenvalue weighted by molar-refractivity contribution is 5.76. The van der Waals surface area contributed by atoms with Crippen LogP contribution in [0.25, 0.3) is 0 Å². The number of nitrogens with one attached hydrogen (secondary N) is 1. The van der Waals surface area contributed by atoms with Crippen molar-refractivity contribution in [2.75, 3.05) is 6.61 Å². The van der Waals surface area contributed by atoms with Gasteiger partial charge in [0.15, 0.2) is 0 Å². The highest BCUT2D eigenvalue weighted by Gasteiger charge is 2.26. The first-order valence-corrected chi connectivity index (χ1v) is 17.0. The fourth-order valence-electron chi connectivity index (χ4n) is 5.16. The van der Waals surface area contributed by atoms with Crippen LogP contribution in [0.3, 0.4) is 0 Å². The maximum atomic E-state index is 12.3. The van der Waals surface area contributed by atoms with Gasteiger partial charge in [-0.1, -0.05) is 142 Å². The van der Waals surface area contributed by atoms with E-state index < -0.39 is 18.2 Å². The molecule has 0 unspecified atom stereocenters. The van der Waals surface area contributed by atoms with Crippen LogP contribution in [0.5, 0.6) is 0 Å². The maximum absolute atomic E-state index is 12.3. The highest BCUT2D eigenvalue weighted by Crippen LogP contribution is 2.14. The third-order valence-electron chi connectivity index (χ3n) is 7.87. The van der Waals surface area contributed by atoms with Crippen LogP contribution < -0.4 is 5.32 Å². The van der Waals surface area contributed by atoms with Crippen molar-refractivity contribution in [3.05, 3.63) is 12.2 Å². The lowest BCUT2D eigenvalue weighted by Crippen LogP contribution is -2.50. The van der Waals surface area contributed by atoms with Gasteiger partial charge >= 0.3 is 0 Å². The van der Waals surface area contributed by atoms with E-state index in [2.05, 4.69) is 31.3 Å². The summed E-state index contributed by atoms with van der Waals surface area (Å²) >= 11 is 0. The number of carbonyl (C=O) groups excluding carboxylic acids is 1. The van der Waals surface area contributed by atoms with E-state index in [1.165, 1.54) is 109 Å². The number of allylic oxidation sites excluding steroid dienone is 2. The van der Waals surface area contributed by atoms with Crippen molar-refractivity contribution >= 4 is 5.91 Å². The van der Waals surface area contributed by atoms with E-state index in [-0.39, 0.29) is 12.5 Å². The van der Waals surface area contributed by atoms with E-state index in [0.717, 1.165) is 38.5 Å². The molecule has 0 aromatic rings. The third kappa shape index (κ3) is 25.8. The molecular weight excluding hydrogens is 486 g/mol. The van der Waals surface area contributed by atoms with Crippen molar-refractivity contribution in [3.63, 3.8) is 0 Å². The summed E-state index contributed by atoms with van der Waals surface area (Å²) < 4.78 is 0. The number of hydrogen-bond acceptors (Lipinski definition) is 4. The SMILES string of the molecule is CCCCCCCCC/C=C\CCC[C@@H](O)[C@@H](O)[C@H](CO)NC(=O)CCCCCCCCCCCCCCC. The van der Waals surface area contributed by atoms with Crippen molar-refractivity contribution in [2.24, 2.45) is 0 Å². The fraction of sp³-hybridized carbons (Fsp3) is 0.912. The molecule has 4 N–H and O–H groups in total. The molecule has 3 atom stereocenters. The average Bonchev–Trinajstić information content (AvgIpc) is 2.94. The zero-order chi connectivity index (χ0) is 28.8. The normalized spacial score (nSPS) is 14.1. The number of unbranched alkanes of at least 4 members (excludes halogenated alkanes) is 20. The number of rotatable bonds is 30. The number of aliphatic hydroxyl groups excluding tert-OH is 3. The summed E-state index contributed by atoms with van der Waals surface area (Å²) in [5, 5.41) is 33.2. The predicted octanol–water partition coefficient (Wildman–Crippen LogP) is 8.53. The molecule has 0 aliphatic rings. The average molecular weight is 554 g/mol. The molecule has 0 rings (SSSR count). The molecule has 0 heterocycles. The van der Waals surface area contributed by atoms with Crippen molar-refractivity contribution in [2.45, 2.75) is 193 Å². The van der Waals surface area contributed by atoms with Gasteiger partial charge in [-0.25, -0.2) is 0 Å². The molecule has 0 radical (unpaired) electrons. The Labute approximate surface area is 242 Å². The second kappa shape index (κ2) is 30.1. The molecule has 0 aliphatic carbocycles. The summed E-state index contributed by atoms with van der Waals surface area (Å²) in [5.41, 5.74) is 0. The van der Waals surface area contributed by atoms with E-state index in [1.807, 2.05) is 0 Å².